The zero-order valence-corrected chi connectivity index (χ0v) is 37.6. The number of pyridine rings is 1. The molecule has 0 amide bonds. The van der Waals surface area contributed by atoms with E-state index in [1.807, 2.05) is 0 Å². The first-order valence-corrected chi connectivity index (χ1v) is 24.1. The highest BCUT2D eigenvalue weighted by Crippen LogP contribution is 2.58. The summed E-state index contributed by atoms with van der Waals surface area (Å²) in [5.74, 6) is 0.0332. The van der Waals surface area contributed by atoms with E-state index in [4.69, 9.17) is 4.98 Å². The highest BCUT2D eigenvalue weighted by molar-refractivity contribution is 6.28. The Balaban J connectivity index is 0.985. The van der Waals surface area contributed by atoms with Gasteiger partial charge in [0.25, 0.3) is 0 Å². The lowest BCUT2D eigenvalue weighted by Crippen LogP contribution is -2.28. The predicted octanol–water partition coefficient (Wildman–Crippen LogP) is 16.8. The van der Waals surface area contributed by atoms with Crippen molar-refractivity contribution in [1.82, 2.24) is 9.55 Å². The molecule has 11 aromatic carbocycles. The maximum absolute atomic E-state index is 5.74. The van der Waals surface area contributed by atoms with Crippen molar-refractivity contribution in [2.75, 3.05) is 0 Å². The number of aromatic nitrogens is 2. The normalized spacial score (nSPS) is 13.6. The summed E-state index contributed by atoms with van der Waals surface area (Å²) in [6.07, 6.45) is 0. The summed E-state index contributed by atoms with van der Waals surface area (Å²) >= 11 is 0. The van der Waals surface area contributed by atoms with Crippen molar-refractivity contribution in [3.8, 4) is 39.2 Å². The maximum atomic E-state index is 5.74. The SMILES string of the molecule is c1ccc(C2(c3ccccc3)c3ccccc3-c3cc4c(C5c6ccccc6-c6ccccc65)cc(-c5ccc(-n6c7ccc8ccccc8c7c7c8ccccc8ccc76)cc5)nc4cc32)cc1. The van der Waals surface area contributed by atoms with Crippen LogP contribution in [0, 0.1) is 0 Å². The van der Waals surface area contributed by atoms with E-state index >= 15 is 0 Å². The first-order chi connectivity index (χ1) is 34.2. The topological polar surface area (TPSA) is 17.8 Å². The molecule has 0 aliphatic heterocycles. The summed E-state index contributed by atoms with van der Waals surface area (Å²) < 4.78 is 2.45. The zero-order valence-electron chi connectivity index (χ0n) is 37.6. The molecule has 0 saturated heterocycles. The molecule has 0 bridgehead atoms. The molecule has 2 aromatic heterocycles. The van der Waals surface area contributed by atoms with Gasteiger partial charge in [0, 0.05) is 33.3 Å². The van der Waals surface area contributed by atoms with Gasteiger partial charge in [0.1, 0.15) is 0 Å². The van der Waals surface area contributed by atoms with E-state index in [9.17, 15) is 0 Å². The minimum atomic E-state index is -0.534. The van der Waals surface area contributed by atoms with Gasteiger partial charge in [0.15, 0.2) is 0 Å². The van der Waals surface area contributed by atoms with Crippen LogP contribution in [0.25, 0.3) is 93.5 Å². The van der Waals surface area contributed by atoms with Gasteiger partial charge in [-0.1, -0.05) is 206 Å². The van der Waals surface area contributed by atoms with E-state index in [0.29, 0.717) is 0 Å². The largest absolute Gasteiger partial charge is 0.309 e. The summed E-state index contributed by atoms with van der Waals surface area (Å²) in [6.45, 7) is 0. The molecule has 15 rings (SSSR count). The van der Waals surface area contributed by atoms with Crippen molar-refractivity contribution in [2.24, 2.45) is 0 Å². The third kappa shape index (κ3) is 5.34. The van der Waals surface area contributed by atoms with Crippen molar-refractivity contribution in [3.05, 3.63) is 288 Å². The van der Waals surface area contributed by atoms with Crippen molar-refractivity contribution in [2.45, 2.75) is 11.3 Å². The van der Waals surface area contributed by atoms with Crippen LogP contribution in [0.4, 0.5) is 0 Å². The highest BCUT2D eigenvalue weighted by atomic mass is 15.0. The van der Waals surface area contributed by atoms with Crippen LogP contribution in [0.5, 0.6) is 0 Å². The Morgan fingerprint density at radius 2 is 0.884 bits per heavy atom. The van der Waals surface area contributed by atoms with E-state index in [0.717, 1.165) is 22.5 Å². The van der Waals surface area contributed by atoms with Gasteiger partial charge >= 0.3 is 0 Å². The lowest BCUT2D eigenvalue weighted by molar-refractivity contribution is 0.769. The molecular formula is C67H42N2. The average molecular weight is 875 g/mol. The lowest BCUT2D eigenvalue weighted by Gasteiger charge is -2.34. The summed E-state index contributed by atoms with van der Waals surface area (Å²) in [6, 6.07) is 92.4. The van der Waals surface area contributed by atoms with Crippen LogP contribution in [-0.4, -0.2) is 9.55 Å². The molecule has 69 heavy (non-hydrogen) atoms. The molecule has 0 saturated carbocycles. The molecule has 2 heterocycles. The molecule has 0 N–H and O–H groups in total. The molecule has 0 unspecified atom stereocenters. The number of fused-ring (bicyclic) bond motifs is 14. The van der Waals surface area contributed by atoms with E-state index < -0.39 is 5.41 Å². The molecule has 0 radical (unpaired) electrons. The fourth-order valence-corrected chi connectivity index (χ4v) is 12.7. The smallest absolute Gasteiger partial charge is 0.0716 e. The van der Waals surface area contributed by atoms with Gasteiger partial charge < -0.3 is 4.57 Å². The number of hydrogen-bond acceptors (Lipinski definition) is 1. The van der Waals surface area contributed by atoms with E-state index in [1.165, 1.54) is 110 Å². The monoisotopic (exact) mass is 874 g/mol. The summed E-state index contributed by atoms with van der Waals surface area (Å²) in [5.41, 5.74) is 20.2. The molecule has 13 aromatic rings. The minimum absolute atomic E-state index is 0.0332. The molecule has 0 atom stereocenters. The molecule has 0 spiro atoms. The maximum Gasteiger partial charge on any atom is 0.0716 e. The second-order valence-electron chi connectivity index (χ2n) is 18.9. The van der Waals surface area contributed by atoms with Gasteiger partial charge in [-0.3, -0.25) is 0 Å². The fraction of sp³-hybridized carbons (Fsp3) is 0.0299. The van der Waals surface area contributed by atoms with Crippen molar-refractivity contribution < 1.29 is 0 Å². The summed E-state index contributed by atoms with van der Waals surface area (Å²) in [5, 5.41) is 8.80. The Bertz CT molecular complexity index is 4060. The zero-order chi connectivity index (χ0) is 45.2. The van der Waals surface area contributed by atoms with E-state index in [1.54, 1.807) is 0 Å². The second-order valence-corrected chi connectivity index (χ2v) is 18.9. The van der Waals surface area contributed by atoms with Crippen LogP contribution < -0.4 is 0 Å². The van der Waals surface area contributed by atoms with Gasteiger partial charge in [0.2, 0.25) is 0 Å². The predicted molar refractivity (Wildman–Crippen MR) is 287 cm³/mol. The molecule has 2 aliphatic carbocycles. The van der Waals surface area contributed by atoms with Gasteiger partial charge in [0.05, 0.1) is 27.7 Å². The van der Waals surface area contributed by atoms with Crippen molar-refractivity contribution in [3.63, 3.8) is 0 Å². The quantitative estimate of drug-likeness (QED) is 0.168. The van der Waals surface area contributed by atoms with Gasteiger partial charge in [-0.05, 0) is 125 Å². The van der Waals surface area contributed by atoms with Crippen LogP contribution >= 0.6 is 0 Å². The lowest BCUT2D eigenvalue weighted by atomic mass is 9.67. The van der Waals surface area contributed by atoms with Gasteiger partial charge in [-0.25, -0.2) is 4.98 Å². The molecule has 0 fully saturated rings. The Morgan fingerprint density at radius 3 is 1.49 bits per heavy atom. The number of hydrogen-bond donors (Lipinski definition) is 0. The molecular weight excluding hydrogens is 833 g/mol. The minimum Gasteiger partial charge on any atom is -0.309 e. The van der Waals surface area contributed by atoms with Gasteiger partial charge in [-0.2, -0.15) is 0 Å². The van der Waals surface area contributed by atoms with E-state index in [2.05, 4.69) is 253 Å². The first-order valence-electron chi connectivity index (χ1n) is 24.1. The third-order valence-corrected chi connectivity index (χ3v) is 15.5. The third-order valence-electron chi connectivity index (χ3n) is 15.5. The first kappa shape index (κ1) is 38.3. The molecule has 2 nitrogen and oxygen atoms in total. The van der Waals surface area contributed by atoms with Crippen LogP contribution in [0.1, 0.15) is 44.9 Å². The summed E-state index contributed by atoms with van der Waals surface area (Å²) in [4.78, 5) is 5.74. The fourth-order valence-electron chi connectivity index (χ4n) is 12.7. The molecule has 320 valence electrons. The van der Waals surface area contributed by atoms with Crippen LogP contribution in [0.15, 0.2) is 249 Å². The van der Waals surface area contributed by atoms with E-state index in [-0.39, 0.29) is 5.92 Å². The Hall–Kier alpha value is -8.85. The average Bonchev–Trinajstić information content (AvgIpc) is 4.05. The second kappa shape index (κ2) is 14.6. The number of benzene rings is 11. The summed E-state index contributed by atoms with van der Waals surface area (Å²) in [7, 11) is 0. The van der Waals surface area contributed by atoms with Crippen LogP contribution in [0.2, 0.25) is 0 Å². The van der Waals surface area contributed by atoms with Crippen LogP contribution in [0.3, 0.4) is 0 Å². The highest BCUT2D eigenvalue weighted by Gasteiger charge is 2.46. The van der Waals surface area contributed by atoms with Gasteiger partial charge in [-0.15, -0.1) is 0 Å². The number of nitrogens with zero attached hydrogens (tertiary/aromatic N) is 2. The molecule has 2 aliphatic rings. The molecule has 2 heteroatoms. The van der Waals surface area contributed by atoms with Crippen molar-refractivity contribution >= 4 is 54.3 Å². The Labute approximate surface area is 400 Å². The van der Waals surface area contributed by atoms with Crippen molar-refractivity contribution in [1.29, 1.82) is 0 Å². The standard InChI is InChI=1S/C67H42N2/c1-3-19-45(20-4-1)67(46-21-5-2-6-22-46)58-30-16-15-27-52(58)55-39-56-57(64-53-28-13-11-25-50(53)51-26-12-14-29-54(51)64)40-60(68-61(56)41-59(55)67)44-31-35-47(36-32-44)69-62-37-33-42-17-7-9-23-48(42)65(62)66-49-24-10-8-18-43(49)34-38-63(66)69/h1-41,64H. The number of rotatable bonds is 5. The Morgan fingerprint density at radius 1 is 0.362 bits per heavy atom. The van der Waals surface area contributed by atoms with Crippen LogP contribution in [-0.2, 0) is 5.41 Å². The Kier molecular flexibility index (Phi) is 8.08.